The van der Waals surface area contributed by atoms with E-state index in [0.717, 1.165) is 0 Å². The van der Waals surface area contributed by atoms with Crippen LogP contribution >= 0.6 is 0 Å². The predicted molar refractivity (Wildman–Crippen MR) is 60.8 cm³/mol. The molecule has 5 nitrogen and oxygen atoms in total. The summed E-state index contributed by atoms with van der Waals surface area (Å²) in [4.78, 5) is 11.6. The van der Waals surface area contributed by atoms with Gasteiger partial charge in [-0.1, -0.05) is 0 Å². The second-order valence-corrected chi connectivity index (χ2v) is 4.19. The minimum atomic E-state index is -1.50. The third kappa shape index (κ3) is 3.38. The molecular formula is C11H14F2N2O3. The van der Waals surface area contributed by atoms with E-state index in [9.17, 15) is 18.7 Å². The number of carbonyl (C=O) groups excluding carboxylic acids is 1. The highest BCUT2D eigenvalue weighted by atomic mass is 19.2. The molecule has 0 bridgehead atoms. The van der Waals surface area contributed by atoms with Crippen LogP contribution in [0.15, 0.2) is 12.1 Å². The summed E-state index contributed by atoms with van der Waals surface area (Å²) in [5, 5.41) is 20.5. The minimum absolute atomic E-state index is 0.213. The number of rotatable bonds is 4. The SMILES string of the molecule is CC(O)(CO)CNC(=O)c1cc(F)c(F)cc1N. The molecule has 0 saturated heterocycles. The summed E-state index contributed by atoms with van der Waals surface area (Å²) in [6.45, 7) is 0.503. The normalized spacial score (nSPS) is 14.1. The van der Waals surface area contributed by atoms with Crippen LogP contribution in [0.5, 0.6) is 0 Å². The Kier molecular flexibility index (Phi) is 4.20. The zero-order valence-corrected chi connectivity index (χ0v) is 9.70. The summed E-state index contributed by atoms with van der Waals surface area (Å²) >= 11 is 0. The Bertz CT molecular complexity index is 464. The first-order chi connectivity index (χ1) is 8.26. The van der Waals surface area contributed by atoms with Gasteiger partial charge in [0.2, 0.25) is 0 Å². The average molecular weight is 260 g/mol. The Morgan fingerprint density at radius 3 is 2.56 bits per heavy atom. The molecule has 18 heavy (non-hydrogen) atoms. The van der Waals surface area contributed by atoms with Crippen LogP contribution in [-0.4, -0.2) is 34.9 Å². The fraction of sp³-hybridized carbons (Fsp3) is 0.364. The maximum atomic E-state index is 13.0. The van der Waals surface area contributed by atoms with Crippen LogP contribution in [0.25, 0.3) is 0 Å². The van der Waals surface area contributed by atoms with Gasteiger partial charge in [-0.15, -0.1) is 0 Å². The van der Waals surface area contributed by atoms with Crippen LogP contribution in [0.3, 0.4) is 0 Å². The molecule has 0 radical (unpaired) electrons. The second-order valence-electron chi connectivity index (χ2n) is 4.19. The lowest BCUT2D eigenvalue weighted by atomic mass is 10.1. The average Bonchev–Trinajstić information content (AvgIpc) is 2.31. The number of nitrogen functional groups attached to an aromatic ring is 1. The topological polar surface area (TPSA) is 95.6 Å². The van der Waals surface area contributed by atoms with Crippen LogP contribution < -0.4 is 11.1 Å². The molecule has 0 aliphatic rings. The summed E-state index contributed by atoms with van der Waals surface area (Å²) in [6.07, 6.45) is 0. The molecule has 0 aliphatic heterocycles. The van der Waals surface area contributed by atoms with E-state index in [4.69, 9.17) is 10.8 Å². The molecule has 1 aromatic rings. The van der Waals surface area contributed by atoms with Crippen LogP contribution in [0, 0.1) is 11.6 Å². The molecule has 0 spiro atoms. The Labute approximate surface area is 102 Å². The van der Waals surface area contributed by atoms with Gasteiger partial charge in [0.05, 0.1) is 12.2 Å². The molecule has 0 aromatic heterocycles. The molecule has 0 aliphatic carbocycles. The van der Waals surface area contributed by atoms with Gasteiger partial charge in [0, 0.05) is 18.3 Å². The Balaban J connectivity index is 2.82. The standard InChI is InChI=1S/C11H14F2N2O3/c1-11(18,5-16)4-15-10(17)6-2-7(12)8(13)3-9(6)14/h2-3,16,18H,4-5,14H2,1H3,(H,15,17). The van der Waals surface area contributed by atoms with Gasteiger partial charge in [-0.05, 0) is 13.0 Å². The zero-order valence-electron chi connectivity index (χ0n) is 9.70. The van der Waals surface area contributed by atoms with E-state index < -0.39 is 29.7 Å². The summed E-state index contributed by atoms with van der Waals surface area (Å²) in [6, 6.07) is 1.38. The van der Waals surface area contributed by atoms with Crippen molar-refractivity contribution < 1.29 is 23.8 Å². The first-order valence-corrected chi connectivity index (χ1v) is 5.13. The third-order valence-corrected chi connectivity index (χ3v) is 2.31. The molecule has 5 N–H and O–H groups in total. The molecule has 7 heteroatoms. The first kappa shape index (κ1) is 14.3. The number of carbonyl (C=O) groups is 1. The van der Waals surface area contributed by atoms with Crippen LogP contribution in [0.1, 0.15) is 17.3 Å². The minimum Gasteiger partial charge on any atom is -0.398 e. The van der Waals surface area contributed by atoms with Crippen LogP contribution in [-0.2, 0) is 0 Å². The van der Waals surface area contributed by atoms with Crippen molar-refractivity contribution in [1.82, 2.24) is 5.32 Å². The number of amides is 1. The van der Waals surface area contributed by atoms with Gasteiger partial charge in [-0.2, -0.15) is 0 Å². The summed E-state index contributed by atoms with van der Waals surface area (Å²) < 4.78 is 25.8. The van der Waals surface area contributed by atoms with Crippen molar-refractivity contribution in [2.75, 3.05) is 18.9 Å². The van der Waals surface area contributed by atoms with Crippen molar-refractivity contribution >= 4 is 11.6 Å². The molecule has 1 atom stereocenters. The van der Waals surface area contributed by atoms with Crippen LogP contribution in [0.4, 0.5) is 14.5 Å². The summed E-state index contributed by atoms with van der Waals surface area (Å²) in [5.41, 5.74) is 3.44. The van der Waals surface area contributed by atoms with E-state index in [1.807, 2.05) is 0 Å². The van der Waals surface area contributed by atoms with Gasteiger partial charge < -0.3 is 21.3 Å². The Morgan fingerprint density at radius 1 is 1.44 bits per heavy atom. The van der Waals surface area contributed by atoms with E-state index in [1.54, 1.807) is 0 Å². The molecule has 0 fully saturated rings. The molecular weight excluding hydrogens is 246 g/mol. The molecule has 0 saturated carbocycles. The molecule has 1 rings (SSSR count). The number of benzene rings is 1. The summed E-state index contributed by atoms with van der Waals surface area (Å²) in [7, 11) is 0. The van der Waals surface area contributed by atoms with Crippen molar-refractivity contribution in [2.45, 2.75) is 12.5 Å². The van der Waals surface area contributed by atoms with E-state index >= 15 is 0 Å². The predicted octanol–water partition coefficient (Wildman–Crippen LogP) is 0.0201. The van der Waals surface area contributed by atoms with E-state index in [0.29, 0.717) is 12.1 Å². The second kappa shape index (κ2) is 5.28. The van der Waals surface area contributed by atoms with Crippen molar-refractivity contribution in [3.05, 3.63) is 29.3 Å². The number of nitrogens with two attached hydrogens (primary N) is 1. The van der Waals surface area contributed by atoms with Gasteiger partial charge in [0.25, 0.3) is 5.91 Å². The maximum Gasteiger partial charge on any atom is 0.253 e. The van der Waals surface area contributed by atoms with E-state index in [2.05, 4.69) is 5.32 Å². The fourth-order valence-electron chi connectivity index (χ4n) is 1.18. The van der Waals surface area contributed by atoms with E-state index in [-0.39, 0.29) is 17.8 Å². The van der Waals surface area contributed by atoms with Gasteiger partial charge in [-0.25, -0.2) is 8.78 Å². The highest BCUT2D eigenvalue weighted by Gasteiger charge is 2.21. The molecule has 100 valence electrons. The zero-order chi connectivity index (χ0) is 13.9. The van der Waals surface area contributed by atoms with Crippen LogP contribution in [0.2, 0.25) is 0 Å². The Morgan fingerprint density at radius 2 is 2.00 bits per heavy atom. The van der Waals surface area contributed by atoms with Crippen molar-refractivity contribution in [2.24, 2.45) is 0 Å². The first-order valence-electron chi connectivity index (χ1n) is 5.13. The number of hydrogen-bond donors (Lipinski definition) is 4. The molecule has 1 aromatic carbocycles. The van der Waals surface area contributed by atoms with Gasteiger partial charge in [0.15, 0.2) is 11.6 Å². The largest absolute Gasteiger partial charge is 0.398 e. The van der Waals surface area contributed by atoms with Crippen molar-refractivity contribution in [1.29, 1.82) is 0 Å². The quantitative estimate of drug-likeness (QED) is 0.574. The monoisotopic (exact) mass is 260 g/mol. The lowest BCUT2D eigenvalue weighted by Gasteiger charge is -2.20. The molecule has 1 amide bonds. The highest BCUT2D eigenvalue weighted by Crippen LogP contribution is 2.17. The van der Waals surface area contributed by atoms with Crippen molar-refractivity contribution in [3.63, 3.8) is 0 Å². The Hall–Kier alpha value is -1.73. The number of anilines is 1. The lowest BCUT2D eigenvalue weighted by molar-refractivity contribution is 0.00320. The number of aliphatic hydroxyl groups is 2. The van der Waals surface area contributed by atoms with Gasteiger partial charge in [0.1, 0.15) is 5.60 Å². The number of nitrogens with one attached hydrogen (secondary N) is 1. The number of halogens is 2. The highest BCUT2D eigenvalue weighted by molar-refractivity contribution is 5.99. The molecule has 0 heterocycles. The number of hydrogen-bond acceptors (Lipinski definition) is 4. The molecule has 1 unspecified atom stereocenters. The van der Waals surface area contributed by atoms with Gasteiger partial charge in [-0.3, -0.25) is 4.79 Å². The maximum absolute atomic E-state index is 13.0. The number of aliphatic hydroxyl groups excluding tert-OH is 1. The van der Waals surface area contributed by atoms with Gasteiger partial charge >= 0.3 is 0 Å². The summed E-state index contributed by atoms with van der Waals surface area (Å²) in [5.74, 6) is -3.10. The van der Waals surface area contributed by atoms with E-state index in [1.165, 1.54) is 6.92 Å². The lowest BCUT2D eigenvalue weighted by Crippen LogP contribution is -2.43. The third-order valence-electron chi connectivity index (χ3n) is 2.31. The van der Waals surface area contributed by atoms with Crippen molar-refractivity contribution in [3.8, 4) is 0 Å². The smallest absolute Gasteiger partial charge is 0.253 e. The fourth-order valence-corrected chi connectivity index (χ4v) is 1.18.